The van der Waals surface area contributed by atoms with E-state index in [4.69, 9.17) is 34.4 Å². The Hall–Kier alpha value is -0.690. The monoisotopic (exact) mass is 236 g/mol. The standard InChI is InChI=1S/C7H4Cl2O3.C2H6/c1-2-3-11-7-5(9)4(8)6(10)12-7;1-2/h1,7H,3H2;1-2H3. The minimum atomic E-state index is -0.942. The molecule has 3 nitrogen and oxygen atoms in total. The van der Waals surface area contributed by atoms with Gasteiger partial charge in [-0.05, 0) is 0 Å². The number of hydrogen-bond donors (Lipinski definition) is 0. The Kier molecular flexibility index (Phi) is 6.39. The molecule has 5 heteroatoms. The van der Waals surface area contributed by atoms with Crippen LogP contribution in [-0.2, 0) is 14.3 Å². The predicted molar refractivity (Wildman–Crippen MR) is 54.7 cm³/mol. The molecule has 1 atom stereocenters. The summed E-state index contributed by atoms with van der Waals surface area (Å²) in [5.41, 5.74) is 0. The van der Waals surface area contributed by atoms with Gasteiger partial charge in [0.2, 0.25) is 6.29 Å². The summed E-state index contributed by atoms with van der Waals surface area (Å²) in [6.45, 7) is 4.01. The molecule has 1 aliphatic rings. The van der Waals surface area contributed by atoms with Crippen LogP contribution in [0.4, 0.5) is 0 Å². The van der Waals surface area contributed by atoms with Gasteiger partial charge in [0, 0.05) is 0 Å². The van der Waals surface area contributed by atoms with Gasteiger partial charge in [0.05, 0.1) is 0 Å². The fraction of sp³-hybridized carbons (Fsp3) is 0.444. The van der Waals surface area contributed by atoms with Gasteiger partial charge < -0.3 is 9.47 Å². The molecule has 0 fully saturated rings. The van der Waals surface area contributed by atoms with Crippen LogP contribution in [-0.4, -0.2) is 18.9 Å². The maximum Gasteiger partial charge on any atom is 0.353 e. The van der Waals surface area contributed by atoms with E-state index in [1.54, 1.807) is 0 Å². The third-order valence-electron chi connectivity index (χ3n) is 1.13. The van der Waals surface area contributed by atoms with Crippen molar-refractivity contribution >= 4 is 29.2 Å². The van der Waals surface area contributed by atoms with Gasteiger partial charge in [0.25, 0.3) is 0 Å². The summed E-state index contributed by atoms with van der Waals surface area (Å²) in [4.78, 5) is 10.7. The summed E-state index contributed by atoms with van der Waals surface area (Å²) in [6.07, 6.45) is 3.97. The van der Waals surface area contributed by atoms with Crippen LogP contribution < -0.4 is 0 Å². The van der Waals surface area contributed by atoms with Crippen molar-refractivity contribution < 1.29 is 14.3 Å². The van der Waals surface area contributed by atoms with Crippen LogP contribution in [0, 0.1) is 12.3 Å². The van der Waals surface area contributed by atoms with Crippen LogP contribution in [0.25, 0.3) is 0 Å². The molecule has 0 bridgehead atoms. The SMILES string of the molecule is C#CCOC1OC(=O)C(Cl)=C1Cl.CC. The Labute approximate surface area is 93.0 Å². The number of rotatable bonds is 2. The Morgan fingerprint density at radius 1 is 1.57 bits per heavy atom. The fourth-order valence-corrected chi connectivity index (χ4v) is 0.951. The molecule has 0 aromatic carbocycles. The quantitative estimate of drug-likeness (QED) is 0.545. The van der Waals surface area contributed by atoms with Crippen molar-refractivity contribution in [3.05, 3.63) is 10.1 Å². The lowest BCUT2D eigenvalue weighted by Gasteiger charge is -2.07. The van der Waals surface area contributed by atoms with Crippen molar-refractivity contribution in [3.8, 4) is 12.3 Å². The van der Waals surface area contributed by atoms with E-state index in [0.717, 1.165) is 0 Å². The van der Waals surface area contributed by atoms with E-state index in [0.29, 0.717) is 0 Å². The zero-order chi connectivity index (χ0) is 11.1. The van der Waals surface area contributed by atoms with Crippen molar-refractivity contribution in [2.75, 3.05) is 6.61 Å². The molecular formula is C9H10Cl2O3. The molecule has 0 amide bonds. The van der Waals surface area contributed by atoms with E-state index in [1.807, 2.05) is 13.8 Å². The lowest BCUT2D eigenvalue weighted by atomic mass is 10.5. The highest BCUT2D eigenvalue weighted by Crippen LogP contribution is 2.28. The highest BCUT2D eigenvalue weighted by molar-refractivity contribution is 6.48. The molecule has 78 valence electrons. The van der Waals surface area contributed by atoms with Gasteiger partial charge >= 0.3 is 5.97 Å². The average Bonchev–Trinajstić information content (AvgIpc) is 2.46. The van der Waals surface area contributed by atoms with E-state index in [9.17, 15) is 4.79 Å². The first-order valence-corrected chi connectivity index (χ1v) is 4.73. The Bertz CT molecular complexity index is 278. The zero-order valence-corrected chi connectivity index (χ0v) is 9.35. The second-order valence-corrected chi connectivity index (χ2v) is 2.70. The van der Waals surface area contributed by atoms with Gasteiger partial charge in [-0.2, -0.15) is 0 Å². The van der Waals surface area contributed by atoms with Crippen LogP contribution in [0.3, 0.4) is 0 Å². The van der Waals surface area contributed by atoms with Crippen LogP contribution in [0.1, 0.15) is 13.8 Å². The molecule has 0 N–H and O–H groups in total. The van der Waals surface area contributed by atoms with Crippen molar-refractivity contribution in [3.63, 3.8) is 0 Å². The van der Waals surface area contributed by atoms with Crippen molar-refractivity contribution in [1.29, 1.82) is 0 Å². The Morgan fingerprint density at radius 2 is 2.14 bits per heavy atom. The summed E-state index contributed by atoms with van der Waals surface area (Å²) in [5.74, 6) is 1.52. The number of hydrogen-bond acceptors (Lipinski definition) is 3. The lowest BCUT2D eigenvalue weighted by Crippen LogP contribution is -2.14. The topological polar surface area (TPSA) is 35.5 Å². The first kappa shape index (κ1) is 13.3. The van der Waals surface area contributed by atoms with Gasteiger partial charge in [0.1, 0.15) is 16.7 Å². The number of ether oxygens (including phenoxy) is 2. The van der Waals surface area contributed by atoms with Gasteiger partial charge in [-0.3, -0.25) is 0 Å². The number of cyclic esters (lactones) is 1. The molecule has 1 rings (SSSR count). The number of carbonyl (C=O) groups is 1. The molecule has 0 aliphatic carbocycles. The van der Waals surface area contributed by atoms with Crippen molar-refractivity contribution in [2.45, 2.75) is 20.1 Å². The Morgan fingerprint density at radius 3 is 2.50 bits per heavy atom. The van der Waals surface area contributed by atoms with Crippen molar-refractivity contribution in [1.82, 2.24) is 0 Å². The maximum atomic E-state index is 10.7. The first-order valence-electron chi connectivity index (χ1n) is 3.98. The fourth-order valence-electron chi connectivity index (χ4n) is 0.633. The summed E-state index contributed by atoms with van der Waals surface area (Å²) < 4.78 is 9.44. The minimum Gasteiger partial charge on any atom is -0.426 e. The summed E-state index contributed by atoms with van der Waals surface area (Å²) >= 11 is 11.0. The van der Waals surface area contributed by atoms with Crippen LogP contribution in [0.15, 0.2) is 10.1 Å². The normalized spacial score (nSPS) is 19.6. The summed E-state index contributed by atoms with van der Waals surface area (Å²) in [5, 5.41) is -0.115. The summed E-state index contributed by atoms with van der Waals surface area (Å²) in [6, 6.07) is 0. The van der Waals surface area contributed by atoms with Crippen molar-refractivity contribution in [2.24, 2.45) is 0 Å². The molecule has 1 aliphatic heterocycles. The molecule has 1 unspecified atom stereocenters. The molecule has 0 aromatic rings. The molecular weight excluding hydrogens is 227 g/mol. The molecule has 0 saturated carbocycles. The number of esters is 1. The molecule has 1 heterocycles. The molecule has 14 heavy (non-hydrogen) atoms. The van der Waals surface area contributed by atoms with E-state index in [-0.39, 0.29) is 16.7 Å². The largest absolute Gasteiger partial charge is 0.426 e. The van der Waals surface area contributed by atoms with Gasteiger partial charge in [-0.15, -0.1) is 6.42 Å². The molecule has 0 radical (unpaired) electrons. The van der Waals surface area contributed by atoms with Gasteiger partial charge in [-0.1, -0.05) is 43.0 Å². The van der Waals surface area contributed by atoms with E-state index < -0.39 is 12.3 Å². The molecule has 0 spiro atoms. The Balaban J connectivity index is 0.000000791. The number of halogens is 2. The van der Waals surface area contributed by atoms with Gasteiger partial charge in [-0.25, -0.2) is 4.79 Å². The summed E-state index contributed by atoms with van der Waals surface area (Å²) in [7, 11) is 0. The smallest absolute Gasteiger partial charge is 0.353 e. The lowest BCUT2D eigenvalue weighted by molar-refractivity contribution is -0.156. The van der Waals surface area contributed by atoms with E-state index in [1.165, 1.54) is 0 Å². The third-order valence-corrected chi connectivity index (χ3v) is 1.95. The van der Waals surface area contributed by atoms with Crippen LogP contribution in [0.2, 0.25) is 0 Å². The zero-order valence-electron chi connectivity index (χ0n) is 7.84. The molecule has 0 saturated heterocycles. The second kappa shape index (κ2) is 6.72. The average molecular weight is 237 g/mol. The second-order valence-electron chi connectivity index (χ2n) is 1.91. The third kappa shape index (κ3) is 3.22. The van der Waals surface area contributed by atoms with E-state index in [2.05, 4.69) is 10.7 Å². The van der Waals surface area contributed by atoms with Crippen LogP contribution in [0.5, 0.6) is 0 Å². The minimum absolute atomic E-state index is 0.0122. The first-order chi connectivity index (χ1) is 6.66. The molecule has 0 aromatic heterocycles. The van der Waals surface area contributed by atoms with Gasteiger partial charge in [0.15, 0.2) is 0 Å². The highest BCUT2D eigenvalue weighted by atomic mass is 35.5. The predicted octanol–water partition coefficient (Wildman–Crippen LogP) is 2.23. The maximum absolute atomic E-state index is 10.7. The highest BCUT2D eigenvalue weighted by Gasteiger charge is 2.32. The van der Waals surface area contributed by atoms with E-state index >= 15 is 0 Å². The van der Waals surface area contributed by atoms with Crippen LogP contribution >= 0.6 is 23.2 Å². The number of carbonyl (C=O) groups excluding carboxylic acids is 1. The number of terminal acetylenes is 1.